The second-order valence-electron chi connectivity index (χ2n) is 12.7. The van der Waals surface area contributed by atoms with Crippen LogP contribution in [-0.2, 0) is 4.79 Å². The summed E-state index contributed by atoms with van der Waals surface area (Å²) in [5.41, 5.74) is 29.3. The number of rotatable bonds is 12. The molecule has 256 valence electrons. The summed E-state index contributed by atoms with van der Waals surface area (Å²) in [4.78, 5) is 22.0. The molecule has 9 heteroatoms. The van der Waals surface area contributed by atoms with E-state index in [-0.39, 0.29) is 22.8 Å². The lowest BCUT2D eigenvalue weighted by Crippen LogP contribution is -2.26. The Labute approximate surface area is 274 Å². The van der Waals surface area contributed by atoms with Crippen molar-refractivity contribution in [3.05, 3.63) is 57.6 Å². The third-order valence-electron chi connectivity index (χ3n) is 5.43. The predicted molar refractivity (Wildman–Crippen MR) is 197 cm³/mol. The highest BCUT2D eigenvalue weighted by Gasteiger charge is 2.13. The van der Waals surface area contributed by atoms with Crippen molar-refractivity contribution >= 4 is 29.0 Å². The normalized spacial score (nSPS) is 12.2. The summed E-state index contributed by atoms with van der Waals surface area (Å²) in [5, 5.41) is 7.73. The first-order chi connectivity index (χ1) is 20.0. The summed E-state index contributed by atoms with van der Waals surface area (Å²) in [6.07, 6.45) is 6.21. The van der Waals surface area contributed by atoms with Gasteiger partial charge in [0.2, 0.25) is 0 Å². The molecule has 0 amide bonds. The molecule has 0 saturated heterocycles. The van der Waals surface area contributed by atoms with Crippen molar-refractivity contribution in [2.24, 2.45) is 40.5 Å². The highest BCUT2D eigenvalue weighted by atomic mass is 32.2. The Balaban J connectivity index is -0.000000235. The van der Waals surface area contributed by atoms with Gasteiger partial charge in [-0.3, -0.25) is 15.0 Å². The zero-order chi connectivity index (χ0) is 35.6. The summed E-state index contributed by atoms with van der Waals surface area (Å²) in [6.45, 7) is 27.7. The third kappa shape index (κ3) is 39.5. The van der Waals surface area contributed by atoms with Crippen molar-refractivity contribution in [2.45, 2.75) is 127 Å². The fraction of sp³-hybridized carbons (Fsp3) is 0.629. The number of allylic oxidation sites excluding steroid dienone is 2. The quantitative estimate of drug-likeness (QED) is 0.101. The number of Topliss-reactive ketones (excluding diaryl/α,β-unsaturated/α-hetero) is 2. The second kappa shape index (κ2) is 28.0. The van der Waals surface area contributed by atoms with E-state index >= 15 is 0 Å². The van der Waals surface area contributed by atoms with Gasteiger partial charge in [0, 0.05) is 29.8 Å². The molecule has 44 heavy (non-hydrogen) atoms. The van der Waals surface area contributed by atoms with Gasteiger partial charge in [0.05, 0.1) is 9.93 Å². The number of benzene rings is 1. The van der Waals surface area contributed by atoms with Crippen LogP contribution in [-0.4, -0.2) is 35.4 Å². The average Bonchev–Trinajstić information content (AvgIpc) is 2.88. The lowest BCUT2D eigenvalue weighted by Gasteiger charge is -2.07. The van der Waals surface area contributed by atoms with E-state index in [1.54, 1.807) is 13.8 Å². The number of nitrogens with two attached hydrogens (primary N) is 5. The van der Waals surface area contributed by atoms with Gasteiger partial charge in [0.25, 0.3) is 0 Å². The minimum atomic E-state index is -0.339. The summed E-state index contributed by atoms with van der Waals surface area (Å²) >= 11 is 1.04. The minimum Gasteiger partial charge on any atom is -0.401 e. The van der Waals surface area contributed by atoms with Gasteiger partial charge < -0.3 is 28.7 Å². The fourth-order valence-corrected chi connectivity index (χ4v) is 3.34. The van der Waals surface area contributed by atoms with Crippen molar-refractivity contribution in [1.82, 2.24) is 0 Å². The number of aryl methyl sites for hydroxylation is 1. The summed E-state index contributed by atoms with van der Waals surface area (Å²) in [7, 11) is 0. The van der Waals surface area contributed by atoms with Crippen LogP contribution in [0.5, 0.6) is 0 Å². The van der Waals surface area contributed by atoms with Crippen LogP contribution in [0.2, 0.25) is 0 Å². The van der Waals surface area contributed by atoms with Crippen LogP contribution in [0.4, 0.5) is 0 Å². The molecule has 0 fully saturated rings. The third-order valence-corrected chi connectivity index (χ3v) is 6.42. The van der Waals surface area contributed by atoms with E-state index in [4.69, 9.17) is 34.1 Å². The molecule has 0 aliphatic rings. The van der Waals surface area contributed by atoms with Crippen molar-refractivity contribution in [2.75, 3.05) is 6.54 Å². The Bertz CT molecular complexity index is 946. The van der Waals surface area contributed by atoms with Gasteiger partial charge in [-0.15, -0.1) is 0 Å². The van der Waals surface area contributed by atoms with Gasteiger partial charge in [-0.2, -0.15) is 0 Å². The average molecular weight is 637 g/mol. The SMILES string of the molecule is C=C(N)S/C(C(=N)C(C)=O)=C(/C)N.CC(=O)c1ccc(C)cc1.CC(C)(C)N.CC(C)CCC(C)N.CC[C@@H](C)CCCN. The molecule has 0 aliphatic heterocycles. The molecule has 0 heterocycles. The zero-order valence-corrected chi connectivity index (χ0v) is 30.9. The van der Waals surface area contributed by atoms with Crippen LogP contribution in [0, 0.1) is 24.2 Å². The Kier molecular flexibility index (Phi) is 30.9. The molecule has 0 spiro atoms. The van der Waals surface area contributed by atoms with Crippen molar-refractivity contribution in [3.63, 3.8) is 0 Å². The zero-order valence-electron chi connectivity index (χ0n) is 30.1. The van der Waals surface area contributed by atoms with Crippen LogP contribution in [0.3, 0.4) is 0 Å². The van der Waals surface area contributed by atoms with Gasteiger partial charge in [0.1, 0.15) is 5.71 Å². The molecule has 1 unspecified atom stereocenters. The van der Waals surface area contributed by atoms with Gasteiger partial charge >= 0.3 is 0 Å². The standard InChI is InChI=1S/C9H10O.C8H13N3OS.2C7H17N.C4H11N/c1-7-3-5-9(6-4-7)8(2)10;1-4(9)8(13-6(3)10)7(11)5(2)12;1-6(2)4-5-7(3)8;1-3-7(2)5-4-6-8;1-4(2,3)5/h3-6H,1-2H3;11H,3,9-10H2,1-2H3;6-7H,4-5,8H2,1-3H3;7H,3-6,8H2,1-2H3;5H2,1-3H3/b;8-4-,11-7?;;;/t;;;7-;/m...1./s1. The summed E-state index contributed by atoms with van der Waals surface area (Å²) in [6, 6.07) is 7.96. The van der Waals surface area contributed by atoms with Crippen LogP contribution >= 0.6 is 11.8 Å². The molecule has 11 N–H and O–H groups in total. The predicted octanol–water partition coefficient (Wildman–Crippen LogP) is 7.43. The van der Waals surface area contributed by atoms with Gasteiger partial charge in [0.15, 0.2) is 11.6 Å². The number of hydrogen-bond acceptors (Lipinski definition) is 9. The molecule has 0 aliphatic carbocycles. The largest absolute Gasteiger partial charge is 0.401 e. The van der Waals surface area contributed by atoms with Crippen LogP contribution in [0.1, 0.15) is 124 Å². The van der Waals surface area contributed by atoms with Gasteiger partial charge in [-0.25, -0.2) is 0 Å². The van der Waals surface area contributed by atoms with Crippen LogP contribution < -0.4 is 28.7 Å². The molecule has 1 aromatic carbocycles. The first-order valence-corrected chi connectivity index (χ1v) is 16.3. The Morgan fingerprint density at radius 3 is 1.66 bits per heavy atom. The number of carbonyl (C=O) groups is 2. The highest BCUT2D eigenvalue weighted by molar-refractivity contribution is 8.07. The van der Waals surface area contributed by atoms with E-state index in [1.165, 1.54) is 38.2 Å². The monoisotopic (exact) mass is 637 g/mol. The molecular weight excluding hydrogens is 568 g/mol. The van der Waals surface area contributed by atoms with Crippen molar-refractivity contribution in [1.29, 1.82) is 5.41 Å². The lowest BCUT2D eigenvalue weighted by atomic mass is 10.0. The number of nitrogens with one attached hydrogen (secondary N) is 1. The summed E-state index contributed by atoms with van der Waals surface area (Å²) in [5.74, 6) is 1.47. The Morgan fingerprint density at radius 1 is 0.955 bits per heavy atom. The molecule has 2 atom stereocenters. The van der Waals surface area contributed by atoms with E-state index in [2.05, 4.69) is 41.2 Å². The highest BCUT2D eigenvalue weighted by Crippen LogP contribution is 2.23. The minimum absolute atomic E-state index is 0. The number of hydrogen-bond donors (Lipinski definition) is 6. The summed E-state index contributed by atoms with van der Waals surface area (Å²) < 4.78 is 0. The molecule has 0 aromatic heterocycles. The van der Waals surface area contributed by atoms with E-state index in [0.717, 1.165) is 42.1 Å². The Morgan fingerprint density at radius 2 is 1.41 bits per heavy atom. The molecule has 0 bridgehead atoms. The van der Waals surface area contributed by atoms with Crippen LogP contribution in [0.15, 0.2) is 46.5 Å². The van der Waals surface area contributed by atoms with Gasteiger partial charge in [-0.1, -0.05) is 82.3 Å². The number of ketones is 2. The topological polar surface area (TPSA) is 188 Å². The van der Waals surface area contributed by atoms with E-state index in [1.807, 2.05) is 52.0 Å². The molecular formula is C35H68N6O2S. The Hall–Kier alpha value is -2.46. The van der Waals surface area contributed by atoms with E-state index < -0.39 is 0 Å². The van der Waals surface area contributed by atoms with Crippen molar-refractivity contribution < 1.29 is 9.59 Å². The van der Waals surface area contributed by atoms with Crippen LogP contribution in [0.25, 0.3) is 0 Å². The number of thioether (sulfide) groups is 1. The molecule has 8 nitrogen and oxygen atoms in total. The molecule has 1 rings (SSSR count). The van der Waals surface area contributed by atoms with E-state index in [0.29, 0.717) is 21.7 Å². The molecule has 0 radical (unpaired) electrons. The molecule has 0 saturated carbocycles. The second-order valence-corrected chi connectivity index (χ2v) is 13.8. The van der Waals surface area contributed by atoms with E-state index in [9.17, 15) is 9.59 Å². The maximum absolute atomic E-state index is 10.9. The smallest absolute Gasteiger partial charge is 0.178 e. The maximum atomic E-state index is 10.9. The first-order valence-electron chi connectivity index (χ1n) is 15.5. The first kappa shape index (κ1) is 48.4. The molecule has 1 aromatic rings. The van der Waals surface area contributed by atoms with Gasteiger partial charge in [-0.05, 0) is 92.5 Å². The van der Waals surface area contributed by atoms with Crippen molar-refractivity contribution in [3.8, 4) is 0 Å². The fourth-order valence-electron chi connectivity index (χ4n) is 2.67. The maximum Gasteiger partial charge on any atom is 0.178 e. The number of carbonyl (C=O) groups excluding carboxylic acids is 2. The lowest BCUT2D eigenvalue weighted by molar-refractivity contribution is -0.111.